The molecule has 1 atom stereocenters. The van der Waals surface area contributed by atoms with Crippen LogP contribution in [0.1, 0.15) is 48.4 Å². The topological polar surface area (TPSA) is 80.8 Å². The van der Waals surface area contributed by atoms with E-state index in [0.717, 1.165) is 4.90 Å². The van der Waals surface area contributed by atoms with Crippen molar-refractivity contribution in [2.75, 3.05) is 6.61 Å². The Labute approximate surface area is 134 Å². The predicted molar refractivity (Wildman–Crippen MR) is 81.8 cm³/mol. The number of ketones is 1. The minimum absolute atomic E-state index is 0.236. The van der Waals surface area contributed by atoms with Crippen LogP contribution in [-0.2, 0) is 14.3 Å². The van der Waals surface area contributed by atoms with Crippen molar-refractivity contribution in [2.24, 2.45) is 5.41 Å². The van der Waals surface area contributed by atoms with Gasteiger partial charge in [0.2, 0.25) is 0 Å². The molecular formula is C17H19NO5. The van der Waals surface area contributed by atoms with Crippen LogP contribution < -0.4 is 0 Å². The minimum atomic E-state index is -1.09. The van der Waals surface area contributed by atoms with E-state index in [1.54, 1.807) is 32.9 Å². The van der Waals surface area contributed by atoms with Gasteiger partial charge >= 0.3 is 5.97 Å². The summed E-state index contributed by atoms with van der Waals surface area (Å²) >= 11 is 0. The summed E-state index contributed by atoms with van der Waals surface area (Å²) in [5, 5.41) is 0. The zero-order valence-corrected chi connectivity index (χ0v) is 13.6. The smallest absolute Gasteiger partial charge is 0.329 e. The van der Waals surface area contributed by atoms with Crippen molar-refractivity contribution in [2.45, 2.75) is 33.7 Å². The molecule has 1 aliphatic heterocycles. The van der Waals surface area contributed by atoms with Crippen LogP contribution in [0.5, 0.6) is 0 Å². The first-order valence-corrected chi connectivity index (χ1v) is 7.31. The Bertz CT molecular complexity index is 651. The maximum Gasteiger partial charge on any atom is 0.329 e. The lowest BCUT2D eigenvalue weighted by Gasteiger charge is -2.22. The standard InChI is InChI=1S/C17H19NO5/c1-10(16(22)23-9-13(19)17(2,3)4)18-14(20)11-7-5-6-8-12(11)15(18)21/h5-8,10H,9H2,1-4H3/t10-/m1/s1. The summed E-state index contributed by atoms with van der Waals surface area (Å²) in [6, 6.07) is 5.29. The molecule has 0 N–H and O–H groups in total. The second-order valence-corrected chi connectivity index (χ2v) is 6.48. The van der Waals surface area contributed by atoms with Gasteiger partial charge in [0.05, 0.1) is 11.1 Å². The van der Waals surface area contributed by atoms with Crippen LogP contribution in [0, 0.1) is 5.41 Å². The molecule has 6 heteroatoms. The molecule has 0 saturated heterocycles. The Morgan fingerprint density at radius 3 is 2.00 bits per heavy atom. The van der Waals surface area contributed by atoms with E-state index in [-0.39, 0.29) is 23.5 Å². The summed E-state index contributed by atoms with van der Waals surface area (Å²) in [6.45, 7) is 6.19. The van der Waals surface area contributed by atoms with E-state index < -0.39 is 29.2 Å². The Morgan fingerprint density at radius 2 is 1.57 bits per heavy atom. The van der Waals surface area contributed by atoms with Gasteiger partial charge in [-0.25, -0.2) is 4.79 Å². The molecule has 0 saturated carbocycles. The highest BCUT2D eigenvalue weighted by molar-refractivity contribution is 6.22. The minimum Gasteiger partial charge on any atom is -0.456 e. The number of rotatable bonds is 4. The van der Waals surface area contributed by atoms with E-state index in [1.807, 2.05) is 0 Å². The highest BCUT2D eigenvalue weighted by Crippen LogP contribution is 2.25. The Balaban J connectivity index is 2.08. The molecule has 2 amide bonds. The van der Waals surface area contributed by atoms with Gasteiger partial charge in [-0.15, -0.1) is 0 Å². The first-order valence-electron chi connectivity index (χ1n) is 7.31. The third-order valence-corrected chi connectivity index (χ3v) is 3.74. The summed E-state index contributed by atoms with van der Waals surface area (Å²) in [5.41, 5.74) is -0.0928. The SMILES string of the molecule is C[C@H](C(=O)OCC(=O)C(C)(C)C)N1C(=O)c2ccccc2C1=O. The van der Waals surface area contributed by atoms with Crippen molar-refractivity contribution >= 4 is 23.6 Å². The molecule has 2 rings (SSSR count). The molecule has 0 aliphatic carbocycles. The van der Waals surface area contributed by atoms with Crippen molar-refractivity contribution in [3.8, 4) is 0 Å². The lowest BCUT2D eigenvalue weighted by atomic mass is 9.91. The predicted octanol–water partition coefficient (Wildman–Crippen LogP) is 1.83. The zero-order valence-electron chi connectivity index (χ0n) is 13.6. The summed E-state index contributed by atoms with van der Waals surface area (Å²) in [5.74, 6) is -2.08. The van der Waals surface area contributed by atoms with E-state index >= 15 is 0 Å². The number of carbonyl (C=O) groups is 4. The number of hydrogen-bond acceptors (Lipinski definition) is 5. The Morgan fingerprint density at radius 1 is 1.09 bits per heavy atom. The van der Waals surface area contributed by atoms with Crippen molar-refractivity contribution in [1.29, 1.82) is 0 Å². The molecule has 23 heavy (non-hydrogen) atoms. The quantitative estimate of drug-likeness (QED) is 0.625. The average Bonchev–Trinajstić information content (AvgIpc) is 2.75. The molecule has 1 aliphatic rings. The van der Waals surface area contributed by atoms with Crippen LogP contribution in [-0.4, -0.2) is 41.1 Å². The molecule has 122 valence electrons. The van der Waals surface area contributed by atoms with E-state index in [9.17, 15) is 19.2 Å². The third kappa shape index (κ3) is 3.16. The number of hydrogen-bond donors (Lipinski definition) is 0. The third-order valence-electron chi connectivity index (χ3n) is 3.74. The molecule has 0 spiro atoms. The van der Waals surface area contributed by atoms with Crippen LogP contribution in [0.15, 0.2) is 24.3 Å². The Kier molecular flexibility index (Phi) is 4.36. The lowest BCUT2D eigenvalue weighted by molar-refractivity contribution is -0.153. The molecular weight excluding hydrogens is 298 g/mol. The summed E-state index contributed by atoms with van der Waals surface area (Å²) in [7, 11) is 0. The molecule has 1 heterocycles. The number of Topliss-reactive ketones (excluding diaryl/α,β-unsaturated/α-hetero) is 1. The van der Waals surface area contributed by atoms with Crippen LogP contribution in [0.4, 0.5) is 0 Å². The summed E-state index contributed by atoms with van der Waals surface area (Å²) in [4.78, 5) is 49.3. The Hall–Kier alpha value is -2.50. The number of benzene rings is 1. The first-order chi connectivity index (χ1) is 10.6. The highest BCUT2D eigenvalue weighted by Gasteiger charge is 2.41. The van der Waals surface area contributed by atoms with E-state index in [4.69, 9.17) is 4.74 Å². The van der Waals surface area contributed by atoms with Crippen molar-refractivity contribution in [1.82, 2.24) is 4.90 Å². The molecule has 0 radical (unpaired) electrons. The van der Waals surface area contributed by atoms with Crippen molar-refractivity contribution in [3.63, 3.8) is 0 Å². The fourth-order valence-corrected chi connectivity index (χ4v) is 2.14. The molecule has 0 aromatic heterocycles. The van der Waals surface area contributed by atoms with E-state index in [0.29, 0.717) is 0 Å². The van der Waals surface area contributed by atoms with Gasteiger partial charge in [-0.2, -0.15) is 0 Å². The normalized spacial score (nSPS) is 15.4. The van der Waals surface area contributed by atoms with Crippen LogP contribution in [0.2, 0.25) is 0 Å². The maximum absolute atomic E-state index is 12.3. The maximum atomic E-state index is 12.3. The second kappa shape index (κ2) is 5.95. The van der Waals surface area contributed by atoms with E-state index in [1.165, 1.54) is 19.1 Å². The number of esters is 1. The van der Waals surface area contributed by atoms with Crippen molar-refractivity contribution in [3.05, 3.63) is 35.4 Å². The largest absolute Gasteiger partial charge is 0.456 e. The molecule has 0 bridgehead atoms. The van der Waals surface area contributed by atoms with Crippen LogP contribution >= 0.6 is 0 Å². The van der Waals surface area contributed by atoms with Gasteiger partial charge in [0, 0.05) is 5.41 Å². The number of amides is 2. The number of fused-ring (bicyclic) bond motifs is 1. The number of imide groups is 1. The highest BCUT2D eigenvalue weighted by atomic mass is 16.5. The van der Waals surface area contributed by atoms with Gasteiger partial charge in [0.1, 0.15) is 6.04 Å². The number of ether oxygens (including phenoxy) is 1. The van der Waals surface area contributed by atoms with Gasteiger partial charge < -0.3 is 4.74 Å². The lowest BCUT2D eigenvalue weighted by Crippen LogP contribution is -2.44. The fraction of sp³-hybridized carbons (Fsp3) is 0.412. The van der Waals surface area contributed by atoms with Gasteiger partial charge in [0.25, 0.3) is 11.8 Å². The molecule has 6 nitrogen and oxygen atoms in total. The zero-order chi connectivity index (χ0) is 17.4. The van der Waals surface area contributed by atoms with Gasteiger partial charge in [-0.05, 0) is 19.1 Å². The monoisotopic (exact) mass is 317 g/mol. The number of nitrogens with zero attached hydrogens (tertiary/aromatic N) is 1. The molecule has 0 unspecified atom stereocenters. The summed E-state index contributed by atoms with van der Waals surface area (Å²) < 4.78 is 4.97. The van der Waals surface area contributed by atoms with Gasteiger partial charge in [0.15, 0.2) is 12.4 Å². The van der Waals surface area contributed by atoms with Crippen molar-refractivity contribution < 1.29 is 23.9 Å². The molecule has 1 aromatic carbocycles. The van der Waals surface area contributed by atoms with Crippen LogP contribution in [0.3, 0.4) is 0 Å². The second-order valence-electron chi connectivity index (χ2n) is 6.48. The van der Waals surface area contributed by atoms with Crippen LogP contribution in [0.25, 0.3) is 0 Å². The van der Waals surface area contributed by atoms with E-state index in [2.05, 4.69) is 0 Å². The number of carbonyl (C=O) groups excluding carboxylic acids is 4. The average molecular weight is 317 g/mol. The first kappa shape index (κ1) is 16.9. The van der Waals surface area contributed by atoms with Gasteiger partial charge in [-0.3, -0.25) is 19.3 Å². The molecule has 0 fully saturated rings. The fourth-order valence-electron chi connectivity index (χ4n) is 2.14. The van der Waals surface area contributed by atoms with Gasteiger partial charge in [-0.1, -0.05) is 32.9 Å². The summed E-state index contributed by atoms with van der Waals surface area (Å²) in [6.07, 6.45) is 0. The molecule has 1 aromatic rings.